The molecule has 0 bridgehead atoms. The first-order valence-electron chi connectivity index (χ1n) is 5.56. The van der Waals surface area contributed by atoms with E-state index in [1.54, 1.807) is 31.3 Å². The van der Waals surface area contributed by atoms with Crippen LogP contribution in [0.4, 0.5) is 11.5 Å². The Kier molecular flexibility index (Phi) is 3.87. The zero-order valence-electron chi connectivity index (χ0n) is 10.5. The maximum Gasteiger partial charge on any atom is 0.276 e. The highest BCUT2D eigenvalue weighted by Gasteiger charge is 2.08. The Hall–Kier alpha value is -2.70. The lowest BCUT2D eigenvalue weighted by Gasteiger charge is -2.05. The Morgan fingerprint density at radius 1 is 1.21 bits per heavy atom. The van der Waals surface area contributed by atoms with Crippen LogP contribution in [0, 0.1) is 0 Å². The molecule has 0 aliphatic rings. The molecule has 1 amide bonds. The van der Waals surface area contributed by atoms with E-state index in [-0.39, 0.29) is 11.6 Å². The SMILES string of the molecule is CNc1ccc(C(=O)Nc2ccc(OC)nc2)nn1. The fourth-order valence-electron chi connectivity index (χ4n) is 1.36. The van der Waals surface area contributed by atoms with Crippen LogP contribution in [0.1, 0.15) is 10.5 Å². The molecule has 19 heavy (non-hydrogen) atoms. The van der Waals surface area contributed by atoms with Gasteiger partial charge in [-0.2, -0.15) is 0 Å². The van der Waals surface area contributed by atoms with Gasteiger partial charge < -0.3 is 15.4 Å². The number of aromatic nitrogens is 3. The van der Waals surface area contributed by atoms with E-state index in [9.17, 15) is 4.79 Å². The molecule has 0 aliphatic carbocycles. The summed E-state index contributed by atoms with van der Waals surface area (Å²) >= 11 is 0. The van der Waals surface area contributed by atoms with Crippen molar-refractivity contribution >= 4 is 17.4 Å². The molecule has 2 aromatic heterocycles. The van der Waals surface area contributed by atoms with Gasteiger partial charge in [-0.15, -0.1) is 10.2 Å². The lowest BCUT2D eigenvalue weighted by Crippen LogP contribution is -2.14. The van der Waals surface area contributed by atoms with Crippen molar-refractivity contribution in [2.75, 3.05) is 24.8 Å². The third-order valence-corrected chi connectivity index (χ3v) is 2.36. The zero-order valence-corrected chi connectivity index (χ0v) is 10.5. The topological polar surface area (TPSA) is 89.0 Å². The number of nitrogens with zero attached hydrogens (tertiary/aromatic N) is 3. The van der Waals surface area contributed by atoms with Gasteiger partial charge in [0.15, 0.2) is 5.69 Å². The summed E-state index contributed by atoms with van der Waals surface area (Å²) in [6, 6.07) is 6.61. The second kappa shape index (κ2) is 5.76. The van der Waals surface area contributed by atoms with Gasteiger partial charge >= 0.3 is 0 Å². The minimum atomic E-state index is -0.345. The van der Waals surface area contributed by atoms with Crippen molar-refractivity contribution < 1.29 is 9.53 Å². The fraction of sp³-hybridized carbons (Fsp3) is 0.167. The first-order chi connectivity index (χ1) is 9.22. The summed E-state index contributed by atoms with van der Waals surface area (Å²) in [6.45, 7) is 0. The van der Waals surface area contributed by atoms with Gasteiger partial charge in [0.25, 0.3) is 5.91 Å². The highest BCUT2D eigenvalue weighted by atomic mass is 16.5. The number of carbonyl (C=O) groups excluding carboxylic acids is 1. The molecule has 0 spiro atoms. The van der Waals surface area contributed by atoms with Gasteiger partial charge in [0.1, 0.15) is 5.82 Å². The van der Waals surface area contributed by atoms with Crippen molar-refractivity contribution in [3.8, 4) is 5.88 Å². The Balaban J connectivity index is 2.06. The molecule has 2 rings (SSSR count). The second-order valence-electron chi connectivity index (χ2n) is 3.60. The van der Waals surface area contributed by atoms with E-state index < -0.39 is 0 Å². The summed E-state index contributed by atoms with van der Waals surface area (Å²) < 4.78 is 4.93. The van der Waals surface area contributed by atoms with Gasteiger partial charge in [-0.25, -0.2) is 4.98 Å². The van der Waals surface area contributed by atoms with E-state index in [2.05, 4.69) is 25.8 Å². The number of rotatable bonds is 4. The first kappa shape index (κ1) is 12.7. The Bertz CT molecular complexity index is 553. The lowest BCUT2D eigenvalue weighted by molar-refractivity contribution is 0.102. The molecule has 0 saturated heterocycles. The molecule has 0 aliphatic heterocycles. The number of nitrogens with one attached hydrogen (secondary N) is 2. The van der Waals surface area contributed by atoms with E-state index in [4.69, 9.17) is 4.74 Å². The highest BCUT2D eigenvalue weighted by molar-refractivity contribution is 6.02. The summed E-state index contributed by atoms with van der Waals surface area (Å²) in [4.78, 5) is 15.9. The molecule has 0 unspecified atom stereocenters. The number of pyridine rings is 1. The molecule has 0 saturated carbocycles. The molecule has 0 atom stereocenters. The van der Waals surface area contributed by atoms with Crippen LogP contribution >= 0.6 is 0 Å². The van der Waals surface area contributed by atoms with Crippen LogP contribution < -0.4 is 15.4 Å². The van der Waals surface area contributed by atoms with Gasteiger partial charge in [-0.05, 0) is 18.2 Å². The average molecular weight is 259 g/mol. The maximum atomic E-state index is 11.9. The van der Waals surface area contributed by atoms with Crippen molar-refractivity contribution in [1.29, 1.82) is 0 Å². The minimum Gasteiger partial charge on any atom is -0.481 e. The first-order valence-corrected chi connectivity index (χ1v) is 5.56. The quantitative estimate of drug-likeness (QED) is 0.856. The third-order valence-electron chi connectivity index (χ3n) is 2.36. The van der Waals surface area contributed by atoms with Gasteiger partial charge in [0.05, 0.1) is 19.0 Å². The molecule has 2 heterocycles. The smallest absolute Gasteiger partial charge is 0.276 e. The summed E-state index contributed by atoms with van der Waals surface area (Å²) in [5, 5.41) is 13.1. The van der Waals surface area contributed by atoms with E-state index >= 15 is 0 Å². The molecule has 0 radical (unpaired) electrons. The Labute approximate surface area is 110 Å². The van der Waals surface area contributed by atoms with E-state index in [0.717, 1.165) is 0 Å². The van der Waals surface area contributed by atoms with Gasteiger partial charge in [-0.3, -0.25) is 4.79 Å². The molecular formula is C12H13N5O2. The predicted molar refractivity (Wildman–Crippen MR) is 70.3 cm³/mol. The van der Waals surface area contributed by atoms with Gasteiger partial charge in [0.2, 0.25) is 5.88 Å². The van der Waals surface area contributed by atoms with Crippen molar-refractivity contribution in [3.63, 3.8) is 0 Å². The normalized spacial score (nSPS) is 9.79. The highest BCUT2D eigenvalue weighted by Crippen LogP contribution is 2.12. The molecular weight excluding hydrogens is 246 g/mol. The summed E-state index contributed by atoms with van der Waals surface area (Å²) in [7, 11) is 3.26. The van der Waals surface area contributed by atoms with Crippen LogP contribution in [0.15, 0.2) is 30.5 Å². The number of hydrogen-bond acceptors (Lipinski definition) is 6. The van der Waals surface area contributed by atoms with Crippen molar-refractivity contribution in [1.82, 2.24) is 15.2 Å². The number of amides is 1. The minimum absolute atomic E-state index is 0.231. The summed E-state index contributed by atoms with van der Waals surface area (Å²) in [6.07, 6.45) is 1.51. The number of carbonyl (C=O) groups is 1. The van der Waals surface area contributed by atoms with Crippen molar-refractivity contribution in [3.05, 3.63) is 36.2 Å². The van der Waals surface area contributed by atoms with Crippen LogP contribution in [-0.4, -0.2) is 35.2 Å². The van der Waals surface area contributed by atoms with E-state index in [1.807, 2.05) is 0 Å². The molecule has 7 heteroatoms. The van der Waals surface area contributed by atoms with Crippen LogP contribution in [0.2, 0.25) is 0 Å². The van der Waals surface area contributed by atoms with Crippen molar-refractivity contribution in [2.45, 2.75) is 0 Å². The van der Waals surface area contributed by atoms with Gasteiger partial charge in [-0.1, -0.05) is 0 Å². The number of ether oxygens (including phenoxy) is 1. The third kappa shape index (κ3) is 3.15. The second-order valence-corrected chi connectivity index (χ2v) is 3.60. The molecule has 2 N–H and O–H groups in total. The fourth-order valence-corrected chi connectivity index (χ4v) is 1.36. The van der Waals surface area contributed by atoms with Crippen LogP contribution in [0.25, 0.3) is 0 Å². The Morgan fingerprint density at radius 2 is 2.05 bits per heavy atom. The monoisotopic (exact) mass is 259 g/mol. The van der Waals surface area contributed by atoms with Crippen LogP contribution in [0.5, 0.6) is 5.88 Å². The summed E-state index contributed by atoms with van der Waals surface area (Å²) in [5.74, 6) is 0.737. The number of anilines is 2. The lowest BCUT2D eigenvalue weighted by atomic mass is 10.3. The number of methoxy groups -OCH3 is 1. The largest absolute Gasteiger partial charge is 0.481 e. The van der Waals surface area contributed by atoms with Gasteiger partial charge in [0, 0.05) is 13.1 Å². The molecule has 98 valence electrons. The average Bonchev–Trinajstić information content (AvgIpc) is 2.48. The maximum absolute atomic E-state index is 11.9. The molecule has 0 fully saturated rings. The Morgan fingerprint density at radius 3 is 2.58 bits per heavy atom. The van der Waals surface area contributed by atoms with Crippen molar-refractivity contribution in [2.24, 2.45) is 0 Å². The zero-order chi connectivity index (χ0) is 13.7. The summed E-state index contributed by atoms with van der Waals surface area (Å²) in [5.41, 5.74) is 0.792. The predicted octanol–water partition coefficient (Wildman–Crippen LogP) is 1.17. The standard InChI is InChI=1S/C12H13N5O2/c1-13-10-5-4-9(16-17-10)12(18)15-8-3-6-11(19-2)14-7-8/h3-7H,1-2H3,(H,13,17)(H,15,18). The number of hydrogen-bond donors (Lipinski definition) is 2. The van der Waals surface area contributed by atoms with E-state index in [0.29, 0.717) is 17.4 Å². The molecule has 2 aromatic rings. The molecule has 0 aromatic carbocycles. The van der Waals surface area contributed by atoms with Crippen LogP contribution in [-0.2, 0) is 0 Å². The van der Waals surface area contributed by atoms with E-state index in [1.165, 1.54) is 13.3 Å². The molecule has 7 nitrogen and oxygen atoms in total. The van der Waals surface area contributed by atoms with Crippen LogP contribution in [0.3, 0.4) is 0 Å².